The summed E-state index contributed by atoms with van der Waals surface area (Å²) in [4.78, 5) is 11.7. The molecule has 0 N–H and O–H groups in total. The smallest absolute Gasteiger partial charge is 0.331 e. The van der Waals surface area contributed by atoms with Gasteiger partial charge in [0.1, 0.15) is 6.10 Å². The van der Waals surface area contributed by atoms with Crippen LogP contribution in [0.25, 0.3) is 0 Å². The van der Waals surface area contributed by atoms with Crippen LogP contribution in [0.3, 0.4) is 0 Å². The number of nitrogens with zero attached hydrogens (tertiary/aromatic N) is 1. The van der Waals surface area contributed by atoms with Crippen LogP contribution in [0.15, 0.2) is 24.3 Å². The molecule has 2 aliphatic rings. The Hall–Kier alpha value is -1.56. The van der Waals surface area contributed by atoms with Crippen molar-refractivity contribution in [2.45, 2.75) is 64.4 Å². The van der Waals surface area contributed by atoms with Gasteiger partial charge in [0.2, 0.25) is 0 Å². The van der Waals surface area contributed by atoms with Gasteiger partial charge in [-0.2, -0.15) is 5.26 Å². The Morgan fingerprint density at radius 1 is 1.00 bits per heavy atom. The minimum atomic E-state index is -0.226. The monoisotopic (exact) mass is 301 g/mol. The van der Waals surface area contributed by atoms with Crippen LogP contribution in [-0.2, 0) is 9.53 Å². The number of ether oxygens (including phenoxy) is 1. The molecule has 0 spiro atoms. The van der Waals surface area contributed by atoms with Gasteiger partial charge >= 0.3 is 5.97 Å². The largest absolute Gasteiger partial charge is 0.459 e. The average Bonchev–Trinajstić information content (AvgIpc) is 2.56. The lowest BCUT2D eigenvalue weighted by Gasteiger charge is -2.36. The molecule has 2 saturated carbocycles. The van der Waals surface area contributed by atoms with E-state index in [0.717, 1.165) is 37.5 Å². The topological polar surface area (TPSA) is 50.1 Å². The zero-order chi connectivity index (χ0) is 15.8. The van der Waals surface area contributed by atoms with E-state index < -0.39 is 0 Å². The fraction of sp³-hybridized carbons (Fsp3) is 0.684. The molecule has 0 aromatic carbocycles. The van der Waals surface area contributed by atoms with Gasteiger partial charge < -0.3 is 4.74 Å². The fourth-order valence-corrected chi connectivity index (χ4v) is 3.85. The lowest BCUT2D eigenvalue weighted by molar-refractivity contribution is -0.145. The van der Waals surface area contributed by atoms with Crippen LogP contribution in [0.5, 0.6) is 0 Å². The molecule has 2 rings (SSSR count). The molecule has 0 heterocycles. The maximum absolute atomic E-state index is 11.7. The van der Waals surface area contributed by atoms with Crippen LogP contribution in [0, 0.1) is 29.1 Å². The molecular formula is C19H27NO2. The Labute approximate surface area is 134 Å². The minimum absolute atomic E-state index is 0.0921. The molecule has 0 amide bonds. The van der Waals surface area contributed by atoms with E-state index in [0.29, 0.717) is 0 Å². The fourth-order valence-electron chi connectivity index (χ4n) is 3.85. The van der Waals surface area contributed by atoms with Crippen LogP contribution < -0.4 is 0 Å². The SMILES string of the molecule is C/C=C/C=C/C(=O)OC1CCC(C2CCC(C#N)CC2)CC1. The first-order valence-corrected chi connectivity index (χ1v) is 8.62. The average molecular weight is 301 g/mol. The summed E-state index contributed by atoms with van der Waals surface area (Å²) in [7, 11) is 0. The lowest BCUT2D eigenvalue weighted by atomic mass is 9.71. The number of allylic oxidation sites excluding steroid dienone is 3. The van der Waals surface area contributed by atoms with Crippen LogP contribution in [-0.4, -0.2) is 12.1 Å². The molecule has 2 aliphatic carbocycles. The van der Waals surface area contributed by atoms with Crippen molar-refractivity contribution in [2.75, 3.05) is 0 Å². The zero-order valence-electron chi connectivity index (χ0n) is 13.5. The van der Waals surface area contributed by atoms with Crippen molar-refractivity contribution in [1.82, 2.24) is 0 Å². The first kappa shape index (κ1) is 16.8. The lowest BCUT2D eigenvalue weighted by Crippen LogP contribution is -2.29. The number of hydrogen-bond acceptors (Lipinski definition) is 3. The van der Waals surface area contributed by atoms with E-state index >= 15 is 0 Å². The Morgan fingerprint density at radius 3 is 2.14 bits per heavy atom. The number of carbonyl (C=O) groups excluding carboxylic acids is 1. The van der Waals surface area contributed by atoms with Gasteiger partial charge in [0.05, 0.1) is 6.07 Å². The minimum Gasteiger partial charge on any atom is -0.459 e. The number of hydrogen-bond donors (Lipinski definition) is 0. The zero-order valence-corrected chi connectivity index (χ0v) is 13.5. The van der Waals surface area contributed by atoms with E-state index in [9.17, 15) is 4.79 Å². The van der Waals surface area contributed by atoms with Gasteiger partial charge in [0.25, 0.3) is 0 Å². The molecular weight excluding hydrogens is 274 g/mol. The second-order valence-electron chi connectivity index (χ2n) is 6.60. The third-order valence-electron chi connectivity index (χ3n) is 5.16. The Balaban J connectivity index is 1.70. The molecule has 0 saturated heterocycles. The summed E-state index contributed by atoms with van der Waals surface area (Å²) >= 11 is 0. The van der Waals surface area contributed by atoms with Gasteiger partial charge in [-0.15, -0.1) is 0 Å². The molecule has 3 nitrogen and oxygen atoms in total. The number of nitriles is 1. The van der Waals surface area contributed by atoms with E-state index in [1.165, 1.54) is 31.8 Å². The van der Waals surface area contributed by atoms with E-state index in [4.69, 9.17) is 10.00 Å². The van der Waals surface area contributed by atoms with Gasteiger partial charge in [0, 0.05) is 12.0 Å². The predicted octanol–water partition coefficient (Wildman–Crippen LogP) is 4.55. The van der Waals surface area contributed by atoms with Crippen LogP contribution in [0.2, 0.25) is 0 Å². The molecule has 3 heteroatoms. The van der Waals surface area contributed by atoms with Crippen molar-refractivity contribution in [1.29, 1.82) is 5.26 Å². The summed E-state index contributed by atoms with van der Waals surface area (Å²) in [5.41, 5.74) is 0. The second kappa shape index (κ2) is 8.78. The van der Waals surface area contributed by atoms with E-state index in [2.05, 4.69) is 6.07 Å². The highest BCUT2D eigenvalue weighted by Gasteiger charge is 2.31. The first-order valence-electron chi connectivity index (χ1n) is 8.62. The van der Waals surface area contributed by atoms with Crippen molar-refractivity contribution < 1.29 is 9.53 Å². The quantitative estimate of drug-likeness (QED) is 0.435. The molecule has 0 aromatic heterocycles. The summed E-state index contributed by atoms with van der Waals surface area (Å²) in [5.74, 6) is 1.62. The molecule has 22 heavy (non-hydrogen) atoms. The van der Waals surface area contributed by atoms with Crippen LogP contribution >= 0.6 is 0 Å². The van der Waals surface area contributed by atoms with Gasteiger partial charge in [-0.25, -0.2) is 4.79 Å². The normalized spacial score (nSPS) is 32.9. The standard InChI is InChI=1S/C19H27NO2/c1-2-3-4-5-19(21)22-18-12-10-17(11-13-18)16-8-6-15(14-20)7-9-16/h2-5,15-18H,6-13H2,1H3/b3-2+,5-4+. The van der Waals surface area contributed by atoms with Gasteiger partial charge in [-0.05, 0) is 70.1 Å². The molecule has 0 radical (unpaired) electrons. The van der Waals surface area contributed by atoms with Crippen LogP contribution in [0.1, 0.15) is 58.3 Å². The maximum Gasteiger partial charge on any atom is 0.331 e. The highest BCUT2D eigenvalue weighted by atomic mass is 16.5. The van der Waals surface area contributed by atoms with Crippen LogP contribution in [0.4, 0.5) is 0 Å². The summed E-state index contributed by atoms with van der Waals surface area (Å²) in [6.45, 7) is 1.92. The van der Waals surface area contributed by atoms with Gasteiger partial charge in [0.15, 0.2) is 0 Å². The molecule has 2 fully saturated rings. The molecule has 0 aromatic rings. The number of rotatable bonds is 4. The summed E-state index contributed by atoms with van der Waals surface area (Å²) in [5, 5.41) is 8.98. The number of esters is 1. The summed E-state index contributed by atoms with van der Waals surface area (Å²) < 4.78 is 5.51. The summed E-state index contributed by atoms with van der Waals surface area (Å²) in [6, 6.07) is 2.41. The Bertz CT molecular complexity index is 445. The van der Waals surface area contributed by atoms with Crippen molar-refractivity contribution in [3.8, 4) is 6.07 Å². The van der Waals surface area contributed by atoms with Crippen molar-refractivity contribution in [3.63, 3.8) is 0 Å². The molecule has 120 valence electrons. The Kier molecular flexibility index (Phi) is 6.71. The molecule has 0 atom stereocenters. The summed E-state index contributed by atoms with van der Waals surface area (Å²) in [6.07, 6.45) is 15.9. The Morgan fingerprint density at radius 2 is 1.59 bits per heavy atom. The van der Waals surface area contributed by atoms with E-state index in [1.54, 1.807) is 6.08 Å². The van der Waals surface area contributed by atoms with Crippen molar-refractivity contribution in [3.05, 3.63) is 24.3 Å². The van der Waals surface area contributed by atoms with Crippen molar-refractivity contribution in [2.24, 2.45) is 17.8 Å². The highest BCUT2D eigenvalue weighted by Crippen LogP contribution is 2.40. The van der Waals surface area contributed by atoms with E-state index in [1.807, 2.05) is 19.1 Å². The predicted molar refractivity (Wildman–Crippen MR) is 86.9 cm³/mol. The van der Waals surface area contributed by atoms with Gasteiger partial charge in [-0.1, -0.05) is 18.2 Å². The second-order valence-corrected chi connectivity index (χ2v) is 6.60. The van der Waals surface area contributed by atoms with Gasteiger partial charge in [-0.3, -0.25) is 0 Å². The molecule has 0 aliphatic heterocycles. The first-order chi connectivity index (χ1) is 10.7. The molecule has 0 unspecified atom stereocenters. The third kappa shape index (κ3) is 5.02. The van der Waals surface area contributed by atoms with E-state index in [-0.39, 0.29) is 18.0 Å². The maximum atomic E-state index is 11.7. The number of carbonyl (C=O) groups is 1. The molecule has 0 bridgehead atoms. The van der Waals surface area contributed by atoms with Crippen molar-refractivity contribution >= 4 is 5.97 Å². The highest BCUT2D eigenvalue weighted by molar-refractivity contribution is 5.82. The third-order valence-corrected chi connectivity index (χ3v) is 5.16.